The Hall–Kier alpha value is -2.45. The second kappa shape index (κ2) is 6.21. The molecule has 0 aliphatic carbocycles. The number of hydrogen-bond donors (Lipinski definition) is 1. The molecule has 0 atom stereocenters. The highest BCUT2D eigenvalue weighted by Gasteiger charge is 2.33. The zero-order valence-electron chi connectivity index (χ0n) is 12.6. The fourth-order valence-electron chi connectivity index (χ4n) is 2.49. The predicted molar refractivity (Wildman–Crippen MR) is 95.8 cm³/mol. The average Bonchev–Trinajstić information content (AvgIpc) is 3.01. The molecule has 2 aromatic rings. The zero-order valence-corrected chi connectivity index (χ0v) is 14.2. The van der Waals surface area contributed by atoms with Crippen molar-refractivity contribution in [2.24, 2.45) is 0 Å². The first-order chi connectivity index (χ1) is 11.4. The highest BCUT2D eigenvalue weighted by Crippen LogP contribution is 2.34. The molecule has 0 radical (unpaired) electrons. The first kappa shape index (κ1) is 16.4. The van der Waals surface area contributed by atoms with Gasteiger partial charge in [0, 0.05) is 24.1 Å². The molecule has 6 nitrogen and oxygen atoms in total. The molecule has 0 spiro atoms. The van der Waals surface area contributed by atoms with Crippen LogP contribution in [-0.4, -0.2) is 43.2 Å². The number of rotatable bonds is 3. The van der Waals surface area contributed by atoms with E-state index < -0.39 is 18.4 Å². The van der Waals surface area contributed by atoms with E-state index in [1.54, 1.807) is 12.3 Å². The standard InChI is InChI=1S/C16H12N2O4S2/c1-9(19)17-7-10(11-4-2-3-5-12(11)17)6-13-15(22)18(8-14(20)21)16(23)24-13/h2-7H,8H2,1H3,(H,20,21)/b13-6+. The summed E-state index contributed by atoms with van der Waals surface area (Å²) < 4.78 is 1.73. The number of carboxylic acid groups (broad SMARTS) is 1. The van der Waals surface area contributed by atoms with Crippen LogP contribution in [0.1, 0.15) is 17.3 Å². The van der Waals surface area contributed by atoms with Crippen molar-refractivity contribution in [3.8, 4) is 0 Å². The highest BCUT2D eigenvalue weighted by atomic mass is 32.2. The van der Waals surface area contributed by atoms with E-state index in [1.807, 2.05) is 24.3 Å². The lowest BCUT2D eigenvalue weighted by Gasteiger charge is -2.10. The number of carbonyl (C=O) groups is 3. The first-order valence-electron chi connectivity index (χ1n) is 6.96. The zero-order chi connectivity index (χ0) is 17.4. The molecule has 1 aliphatic heterocycles. The molecule has 1 aliphatic rings. The van der Waals surface area contributed by atoms with E-state index >= 15 is 0 Å². The molecule has 1 fully saturated rings. The molecule has 1 amide bonds. The maximum atomic E-state index is 12.3. The maximum absolute atomic E-state index is 12.3. The lowest BCUT2D eigenvalue weighted by atomic mass is 10.1. The molecule has 1 aromatic carbocycles. The molecule has 2 heterocycles. The third-order valence-corrected chi connectivity index (χ3v) is 4.91. The van der Waals surface area contributed by atoms with Gasteiger partial charge in [-0.3, -0.25) is 23.9 Å². The normalized spacial score (nSPS) is 16.4. The van der Waals surface area contributed by atoms with Gasteiger partial charge >= 0.3 is 5.97 Å². The van der Waals surface area contributed by atoms with E-state index in [4.69, 9.17) is 17.3 Å². The second-order valence-electron chi connectivity index (χ2n) is 5.15. The van der Waals surface area contributed by atoms with Crippen LogP contribution in [0.25, 0.3) is 17.0 Å². The van der Waals surface area contributed by atoms with Gasteiger partial charge in [0.15, 0.2) is 0 Å². The second-order valence-corrected chi connectivity index (χ2v) is 6.83. The van der Waals surface area contributed by atoms with Gasteiger partial charge in [-0.05, 0) is 12.1 Å². The van der Waals surface area contributed by atoms with Crippen LogP contribution in [0.5, 0.6) is 0 Å². The first-order valence-corrected chi connectivity index (χ1v) is 8.19. The molecular formula is C16H12N2O4S2. The largest absolute Gasteiger partial charge is 0.480 e. The van der Waals surface area contributed by atoms with Crippen LogP contribution in [0.4, 0.5) is 0 Å². The summed E-state index contributed by atoms with van der Waals surface area (Å²) in [6.07, 6.45) is 3.31. The highest BCUT2D eigenvalue weighted by molar-refractivity contribution is 8.26. The summed E-state index contributed by atoms with van der Waals surface area (Å²) in [6, 6.07) is 7.36. The molecule has 0 saturated carbocycles. The minimum absolute atomic E-state index is 0.135. The minimum Gasteiger partial charge on any atom is -0.480 e. The van der Waals surface area contributed by atoms with Crippen molar-refractivity contribution >= 4 is 63.1 Å². The molecule has 0 bridgehead atoms. The topological polar surface area (TPSA) is 79.6 Å². The van der Waals surface area contributed by atoms with E-state index in [9.17, 15) is 14.4 Å². The van der Waals surface area contributed by atoms with Crippen LogP contribution < -0.4 is 0 Å². The van der Waals surface area contributed by atoms with Crippen molar-refractivity contribution in [3.63, 3.8) is 0 Å². The Morgan fingerprint density at radius 3 is 2.71 bits per heavy atom. The van der Waals surface area contributed by atoms with Crippen LogP contribution in [0.15, 0.2) is 35.4 Å². The molecule has 1 saturated heterocycles. The average molecular weight is 360 g/mol. The lowest BCUT2D eigenvalue weighted by Crippen LogP contribution is -2.33. The molecule has 24 heavy (non-hydrogen) atoms. The summed E-state index contributed by atoms with van der Waals surface area (Å²) in [5.74, 6) is -1.70. The van der Waals surface area contributed by atoms with Gasteiger partial charge in [0.25, 0.3) is 5.91 Å². The van der Waals surface area contributed by atoms with E-state index in [2.05, 4.69) is 0 Å². The Morgan fingerprint density at radius 1 is 1.33 bits per heavy atom. The van der Waals surface area contributed by atoms with Gasteiger partial charge in [0.05, 0.1) is 10.4 Å². The smallest absolute Gasteiger partial charge is 0.323 e. The third-order valence-electron chi connectivity index (χ3n) is 3.54. The Balaban J connectivity index is 2.05. The Morgan fingerprint density at radius 2 is 2.04 bits per heavy atom. The molecule has 1 N–H and O–H groups in total. The summed E-state index contributed by atoms with van der Waals surface area (Å²) in [5, 5.41) is 9.70. The van der Waals surface area contributed by atoms with Crippen molar-refractivity contribution < 1.29 is 19.5 Å². The van der Waals surface area contributed by atoms with E-state index in [0.29, 0.717) is 10.5 Å². The molecule has 8 heteroatoms. The van der Waals surface area contributed by atoms with Gasteiger partial charge in [-0.1, -0.05) is 42.2 Å². The van der Waals surface area contributed by atoms with Crippen LogP contribution in [0.2, 0.25) is 0 Å². The quantitative estimate of drug-likeness (QED) is 0.669. The molecule has 0 unspecified atom stereocenters. The van der Waals surface area contributed by atoms with Crippen LogP contribution >= 0.6 is 24.0 Å². The lowest BCUT2D eigenvalue weighted by molar-refractivity contribution is -0.140. The summed E-state index contributed by atoms with van der Waals surface area (Å²) >= 11 is 6.13. The number of thiocarbonyl (C=S) groups is 1. The maximum Gasteiger partial charge on any atom is 0.323 e. The summed E-state index contributed by atoms with van der Waals surface area (Å²) in [6.45, 7) is 1.000. The number of aromatic nitrogens is 1. The molecular weight excluding hydrogens is 348 g/mol. The fraction of sp³-hybridized carbons (Fsp3) is 0.125. The molecule has 122 valence electrons. The number of amides is 1. The number of thioether (sulfide) groups is 1. The SMILES string of the molecule is CC(=O)n1cc(/C=C2/SC(=S)N(CC(=O)O)C2=O)c2ccccc21. The number of fused-ring (bicyclic) bond motifs is 1. The Kier molecular flexibility index (Phi) is 4.25. The van der Waals surface area contributed by atoms with Crippen molar-refractivity contribution in [1.29, 1.82) is 0 Å². The summed E-state index contributed by atoms with van der Waals surface area (Å²) in [7, 11) is 0. The number of para-hydroxylation sites is 1. The van der Waals surface area contributed by atoms with Crippen molar-refractivity contribution in [3.05, 3.63) is 40.9 Å². The van der Waals surface area contributed by atoms with Gasteiger partial charge in [-0.25, -0.2) is 0 Å². The summed E-state index contributed by atoms with van der Waals surface area (Å²) in [5.41, 5.74) is 1.45. The summed E-state index contributed by atoms with van der Waals surface area (Å²) in [4.78, 5) is 36.4. The minimum atomic E-state index is -1.12. The van der Waals surface area contributed by atoms with Gasteiger partial charge in [0.1, 0.15) is 10.9 Å². The number of carboxylic acids is 1. The van der Waals surface area contributed by atoms with Gasteiger partial charge in [0.2, 0.25) is 5.91 Å². The number of aliphatic carboxylic acids is 1. The van der Waals surface area contributed by atoms with E-state index in [-0.39, 0.29) is 10.2 Å². The van der Waals surface area contributed by atoms with Crippen LogP contribution in [-0.2, 0) is 9.59 Å². The van der Waals surface area contributed by atoms with Crippen molar-refractivity contribution in [2.75, 3.05) is 6.54 Å². The van der Waals surface area contributed by atoms with Crippen LogP contribution in [0, 0.1) is 0 Å². The monoisotopic (exact) mass is 360 g/mol. The van der Waals surface area contributed by atoms with Gasteiger partial charge < -0.3 is 5.11 Å². The molecule has 1 aromatic heterocycles. The van der Waals surface area contributed by atoms with E-state index in [1.165, 1.54) is 11.5 Å². The number of hydrogen-bond acceptors (Lipinski definition) is 5. The van der Waals surface area contributed by atoms with Gasteiger partial charge in [-0.2, -0.15) is 0 Å². The number of nitrogens with zero attached hydrogens (tertiary/aromatic N) is 2. The molecule has 3 rings (SSSR count). The van der Waals surface area contributed by atoms with Crippen LogP contribution in [0.3, 0.4) is 0 Å². The Labute approximate surface area is 146 Å². The number of benzene rings is 1. The predicted octanol–water partition coefficient (Wildman–Crippen LogP) is 2.59. The fourth-order valence-corrected chi connectivity index (χ4v) is 3.74. The van der Waals surface area contributed by atoms with Gasteiger partial charge in [-0.15, -0.1) is 0 Å². The number of carbonyl (C=O) groups excluding carboxylic acids is 2. The van der Waals surface area contributed by atoms with E-state index in [0.717, 1.165) is 27.6 Å². The third kappa shape index (κ3) is 2.85. The van der Waals surface area contributed by atoms with Crippen molar-refractivity contribution in [1.82, 2.24) is 9.47 Å². The Bertz CT molecular complexity index is 929. The van der Waals surface area contributed by atoms with Crippen molar-refractivity contribution in [2.45, 2.75) is 6.92 Å².